The summed E-state index contributed by atoms with van der Waals surface area (Å²) in [4.78, 5) is 27.5. The first-order chi connectivity index (χ1) is 11.6. The number of tetrazole rings is 1. The Hall–Kier alpha value is -1.64. The molecule has 2 rings (SSSR count). The normalized spacial score (nSPS) is 14.8. The predicted molar refractivity (Wildman–Crippen MR) is 91.6 cm³/mol. The van der Waals surface area contributed by atoms with Gasteiger partial charge in [-0.2, -0.15) is 0 Å². The van der Waals surface area contributed by atoms with Gasteiger partial charge in [-0.1, -0.05) is 24.6 Å². The highest BCUT2D eigenvalue weighted by molar-refractivity contribution is 7.99. The van der Waals surface area contributed by atoms with Gasteiger partial charge in [-0.25, -0.2) is 4.68 Å². The Bertz CT molecular complexity index is 554. The van der Waals surface area contributed by atoms with E-state index < -0.39 is 0 Å². The summed E-state index contributed by atoms with van der Waals surface area (Å²) in [6.45, 7) is 5.28. The van der Waals surface area contributed by atoms with Gasteiger partial charge in [0.25, 0.3) is 0 Å². The lowest BCUT2D eigenvalue weighted by Gasteiger charge is -2.23. The Kier molecular flexibility index (Phi) is 7.01. The van der Waals surface area contributed by atoms with Crippen molar-refractivity contribution in [3.8, 4) is 0 Å². The minimum atomic E-state index is -0.0959. The smallest absolute Gasteiger partial charge is 0.242 e. The lowest BCUT2D eigenvalue weighted by atomic mass is 10.3. The van der Waals surface area contributed by atoms with E-state index in [1.807, 2.05) is 18.5 Å². The highest BCUT2D eigenvalue weighted by Gasteiger charge is 2.23. The first kappa shape index (κ1) is 18.7. The van der Waals surface area contributed by atoms with Crippen LogP contribution in [0.2, 0.25) is 0 Å². The van der Waals surface area contributed by atoms with Gasteiger partial charge in [0.2, 0.25) is 17.0 Å². The van der Waals surface area contributed by atoms with Crippen molar-refractivity contribution in [3.63, 3.8) is 0 Å². The summed E-state index contributed by atoms with van der Waals surface area (Å²) in [6.07, 6.45) is 4.57. The molecule has 0 atom stereocenters. The van der Waals surface area contributed by atoms with E-state index in [4.69, 9.17) is 0 Å². The van der Waals surface area contributed by atoms with Crippen molar-refractivity contribution in [1.29, 1.82) is 0 Å². The molecule has 0 N–H and O–H groups in total. The van der Waals surface area contributed by atoms with Crippen molar-refractivity contribution >= 4 is 23.6 Å². The third-order valence-electron chi connectivity index (χ3n) is 4.37. The molecule has 1 fully saturated rings. The van der Waals surface area contributed by atoms with E-state index in [-0.39, 0.29) is 24.1 Å². The Morgan fingerprint density at radius 3 is 2.50 bits per heavy atom. The Morgan fingerprint density at radius 1 is 1.21 bits per heavy atom. The van der Waals surface area contributed by atoms with E-state index in [9.17, 15) is 9.59 Å². The van der Waals surface area contributed by atoms with E-state index in [0.29, 0.717) is 24.3 Å². The molecule has 1 aliphatic rings. The molecule has 1 aromatic heterocycles. The third kappa shape index (κ3) is 4.68. The number of likely N-dealkylation sites (N-methyl/N-ethyl adjacent to an activating group) is 2. The highest BCUT2D eigenvalue weighted by atomic mass is 32.2. The van der Waals surface area contributed by atoms with Crippen molar-refractivity contribution in [2.75, 3.05) is 32.4 Å². The van der Waals surface area contributed by atoms with Gasteiger partial charge in [0.05, 0.1) is 18.3 Å². The molecule has 0 saturated heterocycles. The van der Waals surface area contributed by atoms with Gasteiger partial charge in [0.15, 0.2) is 0 Å². The maximum absolute atomic E-state index is 12.3. The van der Waals surface area contributed by atoms with E-state index >= 15 is 0 Å². The predicted octanol–water partition coefficient (Wildman–Crippen LogP) is 1.21. The molecule has 0 spiro atoms. The van der Waals surface area contributed by atoms with E-state index in [1.54, 1.807) is 11.9 Å². The quantitative estimate of drug-likeness (QED) is 0.653. The maximum Gasteiger partial charge on any atom is 0.242 e. The van der Waals surface area contributed by atoms with Crippen LogP contribution in [0.5, 0.6) is 0 Å². The van der Waals surface area contributed by atoms with Crippen LogP contribution >= 0.6 is 11.8 Å². The molecule has 24 heavy (non-hydrogen) atoms. The van der Waals surface area contributed by atoms with Gasteiger partial charge in [0.1, 0.15) is 0 Å². The van der Waals surface area contributed by atoms with E-state index in [1.165, 1.54) is 29.5 Å². The molecule has 0 bridgehead atoms. The van der Waals surface area contributed by atoms with E-state index in [0.717, 1.165) is 12.8 Å². The molecular weight excluding hydrogens is 328 g/mol. The van der Waals surface area contributed by atoms with Gasteiger partial charge in [-0.15, -0.1) is 5.10 Å². The Balaban J connectivity index is 1.84. The van der Waals surface area contributed by atoms with Crippen LogP contribution in [-0.4, -0.2) is 74.3 Å². The van der Waals surface area contributed by atoms with Crippen LogP contribution in [-0.2, 0) is 9.59 Å². The number of amides is 2. The number of nitrogens with zero attached hydrogens (tertiary/aromatic N) is 6. The average Bonchev–Trinajstić information content (AvgIpc) is 3.24. The second-order valence-electron chi connectivity index (χ2n) is 5.95. The van der Waals surface area contributed by atoms with Crippen molar-refractivity contribution in [2.24, 2.45) is 0 Å². The molecule has 134 valence electrons. The van der Waals surface area contributed by atoms with Gasteiger partial charge in [-0.3, -0.25) is 9.59 Å². The number of aromatic nitrogens is 4. The second-order valence-corrected chi connectivity index (χ2v) is 6.89. The Morgan fingerprint density at radius 2 is 1.88 bits per heavy atom. The highest BCUT2D eigenvalue weighted by Crippen LogP contribution is 2.31. The van der Waals surface area contributed by atoms with Gasteiger partial charge >= 0.3 is 0 Å². The zero-order chi connectivity index (χ0) is 17.5. The summed E-state index contributed by atoms with van der Waals surface area (Å²) >= 11 is 1.33. The lowest BCUT2D eigenvalue weighted by Crippen LogP contribution is -2.41. The van der Waals surface area contributed by atoms with Crippen molar-refractivity contribution < 1.29 is 9.59 Å². The summed E-state index contributed by atoms with van der Waals surface area (Å²) in [6, 6.07) is 0.347. The summed E-state index contributed by atoms with van der Waals surface area (Å²) in [7, 11) is 1.66. The zero-order valence-electron chi connectivity index (χ0n) is 14.6. The minimum Gasteiger partial charge on any atom is -0.342 e. The number of rotatable bonds is 8. The van der Waals surface area contributed by atoms with Crippen LogP contribution in [0.3, 0.4) is 0 Å². The van der Waals surface area contributed by atoms with Crippen LogP contribution in [0, 0.1) is 0 Å². The number of hydrogen-bond donors (Lipinski definition) is 0. The number of hydrogen-bond acceptors (Lipinski definition) is 6. The fourth-order valence-corrected chi connectivity index (χ4v) is 3.75. The minimum absolute atomic E-state index is 0.0309. The third-order valence-corrected chi connectivity index (χ3v) is 5.29. The topological polar surface area (TPSA) is 84.2 Å². The van der Waals surface area contributed by atoms with E-state index in [2.05, 4.69) is 15.5 Å². The van der Waals surface area contributed by atoms with Gasteiger partial charge in [-0.05, 0) is 37.1 Å². The molecule has 0 aliphatic heterocycles. The standard InChI is InChI=1S/C15H26N6O2S/c1-4-20(5-2)13(22)10-19(3)14(23)11-24-15-16-17-18-21(15)12-8-6-7-9-12/h12H,4-11H2,1-3H3. The summed E-state index contributed by atoms with van der Waals surface area (Å²) in [5.74, 6) is 0.105. The molecule has 1 aliphatic carbocycles. The molecule has 9 heteroatoms. The van der Waals surface area contributed by atoms with Crippen LogP contribution in [0.1, 0.15) is 45.6 Å². The fourth-order valence-electron chi connectivity index (χ4n) is 2.86. The lowest BCUT2D eigenvalue weighted by molar-refractivity contribution is -0.137. The molecule has 1 saturated carbocycles. The van der Waals surface area contributed by atoms with Crippen LogP contribution in [0.4, 0.5) is 0 Å². The maximum atomic E-state index is 12.3. The summed E-state index contributed by atoms with van der Waals surface area (Å²) in [5, 5.41) is 12.5. The second kappa shape index (κ2) is 9.00. The molecule has 0 aromatic carbocycles. The summed E-state index contributed by atoms with van der Waals surface area (Å²) < 4.78 is 1.84. The average molecular weight is 354 g/mol. The molecule has 1 heterocycles. The number of carbonyl (C=O) groups excluding carboxylic acids is 2. The van der Waals surface area contributed by atoms with Crippen molar-refractivity contribution in [2.45, 2.75) is 50.7 Å². The molecule has 0 radical (unpaired) electrons. The van der Waals surface area contributed by atoms with Gasteiger partial charge < -0.3 is 9.80 Å². The molecule has 8 nitrogen and oxygen atoms in total. The molecule has 0 unspecified atom stereocenters. The molecule has 2 amide bonds. The zero-order valence-corrected chi connectivity index (χ0v) is 15.5. The summed E-state index contributed by atoms with van der Waals surface area (Å²) in [5.41, 5.74) is 0. The monoisotopic (exact) mass is 354 g/mol. The SMILES string of the molecule is CCN(CC)C(=O)CN(C)C(=O)CSc1nnnn1C1CCCC1. The van der Waals surface area contributed by atoms with Crippen molar-refractivity contribution in [1.82, 2.24) is 30.0 Å². The molecular formula is C15H26N6O2S. The van der Waals surface area contributed by atoms with Gasteiger partial charge in [0, 0.05) is 20.1 Å². The van der Waals surface area contributed by atoms with Crippen molar-refractivity contribution in [3.05, 3.63) is 0 Å². The first-order valence-corrected chi connectivity index (χ1v) is 9.47. The van der Waals surface area contributed by atoms with Crippen LogP contribution in [0.15, 0.2) is 5.16 Å². The molecule has 1 aromatic rings. The largest absolute Gasteiger partial charge is 0.342 e. The Labute approximate surface area is 146 Å². The van der Waals surface area contributed by atoms with Crippen LogP contribution in [0.25, 0.3) is 0 Å². The fraction of sp³-hybridized carbons (Fsp3) is 0.800. The first-order valence-electron chi connectivity index (χ1n) is 8.49. The number of carbonyl (C=O) groups is 2. The van der Waals surface area contributed by atoms with Crippen LogP contribution < -0.4 is 0 Å². The number of thioether (sulfide) groups is 1.